The Kier molecular flexibility index (Phi) is 5.63. The van der Waals surface area contributed by atoms with Crippen LogP contribution in [-0.2, 0) is 11.3 Å². The highest BCUT2D eigenvalue weighted by molar-refractivity contribution is 5.85. The Morgan fingerprint density at radius 1 is 1.43 bits per heavy atom. The van der Waals surface area contributed by atoms with Crippen molar-refractivity contribution in [3.63, 3.8) is 0 Å². The molecule has 9 heteroatoms. The molecule has 1 aromatic rings. The lowest BCUT2D eigenvalue weighted by atomic mass is 9.94. The minimum Gasteiger partial charge on any atom is -0.444 e. The maximum Gasteiger partial charge on any atom is 0.393 e. The lowest BCUT2D eigenvalue weighted by molar-refractivity contribution is -0.182. The van der Waals surface area contributed by atoms with Gasteiger partial charge in [-0.15, -0.1) is 12.4 Å². The summed E-state index contributed by atoms with van der Waals surface area (Å²) in [5.74, 6) is -2.46. The number of hydrogen-bond acceptors (Lipinski definition) is 4. The van der Waals surface area contributed by atoms with Crippen molar-refractivity contribution < 1.29 is 22.4 Å². The number of amides is 1. The van der Waals surface area contributed by atoms with Gasteiger partial charge in [0.15, 0.2) is 0 Å². The zero-order valence-electron chi connectivity index (χ0n) is 11.6. The summed E-state index contributed by atoms with van der Waals surface area (Å²) < 4.78 is 43.5. The third kappa shape index (κ3) is 4.10. The summed E-state index contributed by atoms with van der Waals surface area (Å²) in [7, 11) is 0. The fraction of sp³-hybridized carbons (Fsp3) is 0.667. The van der Waals surface area contributed by atoms with E-state index in [1.54, 1.807) is 13.8 Å². The van der Waals surface area contributed by atoms with Crippen LogP contribution in [0.3, 0.4) is 0 Å². The Bertz CT molecular complexity index is 485. The van der Waals surface area contributed by atoms with Crippen molar-refractivity contribution in [3.05, 3.63) is 17.3 Å². The third-order valence-electron chi connectivity index (χ3n) is 3.46. The lowest BCUT2D eigenvalue weighted by Gasteiger charge is -2.20. The molecule has 120 valence electrons. The van der Waals surface area contributed by atoms with Gasteiger partial charge in [0.25, 0.3) is 0 Å². The average Bonchev–Trinajstić information content (AvgIpc) is 2.94. The Balaban J connectivity index is 0.00000220. The molecule has 5 nitrogen and oxygen atoms in total. The van der Waals surface area contributed by atoms with Crippen molar-refractivity contribution in [3.8, 4) is 0 Å². The van der Waals surface area contributed by atoms with Gasteiger partial charge in [-0.25, -0.2) is 4.98 Å². The van der Waals surface area contributed by atoms with Crippen LogP contribution >= 0.6 is 12.4 Å². The number of oxazole rings is 1. The number of hydrogen-bond donors (Lipinski definition) is 2. The second-order valence-electron chi connectivity index (χ2n) is 4.88. The molecular formula is C12H17ClF3N3O2. The molecule has 1 fully saturated rings. The monoisotopic (exact) mass is 327 g/mol. The van der Waals surface area contributed by atoms with E-state index in [-0.39, 0.29) is 32.0 Å². The van der Waals surface area contributed by atoms with Gasteiger partial charge in [0, 0.05) is 13.1 Å². The normalized spacial score (nSPS) is 22.0. The number of rotatable bonds is 3. The van der Waals surface area contributed by atoms with Crippen molar-refractivity contribution in [1.82, 2.24) is 15.6 Å². The van der Waals surface area contributed by atoms with Gasteiger partial charge in [-0.2, -0.15) is 13.2 Å². The van der Waals surface area contributed by atoms with Gasteiger partial charge in [-0.05, 0) is 13.8 Å². The van der Waals surface area contributed by atoms with Crippen molar-refractivity contribution in [1.29, 1.82) is 0 Å². The number of carbonyl (C=O) groups excluding carboxylic acids is 1. The lowest BCUT2D eigenvalue weighted by Crippen LogP contribution is -2.39. The first-order chi connectivity index (χ1) is 9.29. The Morgan fingerprint density at radius 3 is 2.62 bits per heavy atom. The van der Waals surface area contributed by atoms with E-state index >= 15 is 0 Å². The number of halogens is 4. The summed E-state index contributed by atoms with van der Waals surface area (Å²) in [6, 6.07) is 0. The van der Waals surface area contributed by atoms with Crippen molar-refractivity contribution in [2.75, 3.05) is 13.1 Å². The number of nitrogens with one attached hydrogen (secondary N) is 2. The smallest absolute Gasteiger partial charge is 0.393 e. The molecule has 2 heterocycles. The van der Waals surface area contributed by atoms with E-state index in [9.17, 15) is 18.0 Å². The van der Waals surface area contributed by atoms with Gasteiger partial charge in [-0.1, -0.05) is 0 Å². The van der Waals surface area contributed by atoms with E-state index in [1.165, 1.54) is 0 Å². The molecule has 2 atom stereocenters. The second kappa shape index (κ2) is 6.65. The topological polar surface area (TPSA) is 67.2 Å². The number of aryl methyl sites for hydroxylation is 2. The summed E-state index contributed by atoms with van der Waals surface area (Å²) in [4.78, 5) is 15.9. The van der Waals surface area contributed by atoms with Gasteiger partial charge < -0.3 is 15.1 Å². The van der Waals surface area contributed by atoms with Crippen LogP contribution < -0.4 is 10.6 Å². The molecule has 0 bridgehead atoms. The molecule has 0 radical (unpaired) electrons. The second-order valence-corrected chi connectivity index (χ2v) is 4.88. The highest BCUT2D eigenvalue weighted by atomic mass is 35.5. The molecule has 2 N–H and O–H groups in total. The van der Waals surface area contributed by atoms with Crippen LogP contribution in [0.2, 0.25) is 0 Å². The van der Waals surface area contributed by atoms with E-state index in [4.69, 9.17) is 4.42 Å². The van der Waals surface area contributed by atoms with Crippen LogP contribution in [0.5, 0.6) is 0 Å². The zero-order chi connectivity index (χ0) is 14.9. The van der Waals surface area contributed by atoms with Gasteiger partial charge in [0.2, 0.25) is 11.8 Å². The third-order valence-corrected chi connectivity index (χ3v) is 3.46. The highest BCUT2D eigenvalue weighted by Gasteiger charge is 2.49. The molecule has 2 rings (SSSR count). The molecule has 0 aliphatic carbocycles. The van der Waals surface area contributed by atoms with Crippen LogP contribution in [0.25, 0.3) is 0 Å². The van der Waals surface area contributed by atoms with E-state index in [2.05, 4.69) is 15.6 Å². The molecule has 1 aliphatic heterocycles. The summed E-state index contributed by atoms with van der Waals surface area (Å²) in [5, 5.41) is 5.05. The minimum atomic E-state index is -4.37. The van der Waals surface area contributed by atoms with Gasteiger partial charge in [0.05, 0.1) is 24.1 Å². The molecule has 0 unspecified atom stereocenters. The van der Waals surface area contributed by atoms with E-state index < -0.39 is 23.9 Å². The van der Waals surface area contributed by atoms with E-state index in [0.717, 1.165) is 0 Å². The van der Waals surface area contributed by atoms with Crippen LogP contribution in [0, 0.1) is 25.7 Å². The van der Waals surface area contributed by atoms with E-state index in [0.29, 0.717) is 17.3 Å². The summed E-state index contributed by atoms with van der Waals surface area (Å²) in [5.41, 5.74) is 0.699. The predicted molar refractivity (Wildman–Crippen MR) is 71.0 cm³/mol. The largest absolute Gasteiger partial charge is 0.444 e. The van der Waals surface area contributed by atoms with Crippen molar-refractivity contribution >= 4 is 18.3 Å². The number of aromatic nitrogens is 1. The number of carbonyl (C=O) groups is 1. The Morgan fingerprint density at radius 2 is 2.10 bits per heavy atom. The van der Waals surface area contributed by atoms with E-state index in [1.807, 2.05) is 0 Å². The molecule has 0 saturated carbocycles. The van der Waals surface area contributed by atoms with Gasteiger partial charge >= 0.3 is 6.18 Å². The SMILES string of the molecule is Cc1nc(CNC(=O)[C@@H]2CNC[C@H]2C(F)(F)F)oc1C.Cl. The maximum absolute atomic E-state index is 12.7. The quantitative estimate of drug-likeness (QED) is 0.887. The highest BCUT2D eigenvalue weighted by Crippen LogP contribution is 2.34. The maximum atomic E-state index is 12.7. The number of alkyl halides is 3. The van der Waals surface area contributed by atoms with Crippen LogP contribution in [0.15, 0.2) is 4.42 Å². The first kappa shape index (κ1) is 17.8. The van der Waals surface area contributed by atoms with Crippen molar-refractivity contribution in [2.45, 2.75) is 26.6 Å². The Hall–Kier alpha value is -1.28. The van der Waals surface area contributed by atoms with Gasteiger partial charge in [-0.3, -0.25) is 4.79 Å². The Labute approximate surface area is 126 Å². The molecule has 1 saturated heterocycles. The first-order valence-corrected chi connectivity index (χ1v) is 6.27. The zero-order valence-corrected chi connectivity index (χ0v) is 12.4. The molecular weight excluding hydrogens is 311 g/mol. The molecule has 0 aromatic carbocycles. The van der Waals surface area contributed by atoms with Crippen LogP contribution in [-0.4, -0.2) is 30.2 Å². The fourth-order valence-electron chi connectivity index (χ4n) is 2.21. The molecule has 0 spiro atoms. The minimum absolute atomic E-state index is 0. The predicted octanol–water partition coefficient (Wildman–Crippen LogP) is 1.73. The molecule has 1 aliphatic rings. The van der Waals surface area contributed by atoms with Crippen molar-refractivity contribution in [2.24, 2.45) is 11.8 Å². The van der Waals surface area contributed by atoms with Crippen LogP contribution in [0.1, 0.15) is 17.3 Å². The molecule has 1 amide bonds. The standard InChI is InChI=1S/C12H16F3N3O2.ClH/c1-6-7(2)20-10(18-6)5-17-11(19)8-3-16-4-9(8)12(13,14)15;/h8-9,16H,3-5H2,1-2H3,(H,17,19);1H/t8-,9-;/m1./s1. The molecule has 1 aromatic heterocycles. The molecule has 21 heavy (non-hydrogen) atoms. The number of nitrogens with zero attached hydrogens (tertiary/aromatic N) is 1. The van der Waals surface area contributed by atoms with Crippen LogP contribution in [0.4, 0.5) is 13.2 Å². The summed E-state index contributed by atoms with van der Waals surface area (Å²) in [6.07, 6.45) is -4.37. The average molecular weight is 328 g/mol. The fourth-order valence-corrected chi connectivity index (χ4v) is 2.21. The summed E-state index contributed by atoms with van der Waals surface area (Å²) >= 11 is 0. The first-order valence-electron chi connectivity index (χ1n) is 6.27. The van der Waals surface area contributed by atoms with Gasteiger partial charge in [0.1, 0.15) is 5.76 Å². The summed E-state index contributed by atoms with van der Waals surface area (Å²) in [6.45, 7) is 3.28.